The molecule has 1 fully saturated rings. The lowest BCUT2D eigenvalue weighted by Crippen LogP contribution is -2.45. The van der Waals surface area contributed by atoms with E-state index in [0.717, 1.165) is 5.56 Å². The van der Waals surface area contributed by atoms with Crippen molar-refractivity contribution in [3.05, 3.63) is 53.2 Å². The zero-order valence-corrected chi connectivity index (χ0v) is 16.7. The van der Waals surface area contributed by atoms with Gasteiger partial charge in [0.25, 0.3) is 0 Å². The van der Waals surface area contributed by atoms with Crippen LogP contribution in [-0.2, 0) is 19.7 Å². The van der Waals surface area contributed by atoms with Gasteiger partial charge in [0.15, 0.2) is 0 Å². The van der Waals surface area contributed by atoms with Gasteiger partial charge < -0.3 is 19.5 Å². The molecule has 0 spiro atoms. The number of nitrogens with one attached hydrogen (secondary N) is 1. The molecule has 0 bridgehead atoms. The van der Waals surface area contributed by atoms with Gasteiger partial charge in [0, 0.05) is 30.9 Å². The van der Waals surface area contributed by atoms with Crippen LogP contribution in [0.5, 0.6) is 5.88 Å². The molecule has 0 aliphatic carbocycles. The third kappa shape index (κ3) is 4.82. The summed E-state index contributed by atoms with van der Waals surface area (Å²) in [6.45, 7) is 4.57. The number of amides is 1. The van der Waals surface area contributed by atoms with Crippen LogP contribution in [-0.4, -0.2) is 43.9 Å². The van der Waals surface area contributed by atoms with Crippen molar-refractivity contribution in [3.8, 4) is 5.88 Å². The molecule has 150 valence electrons. The smallest absolute Gasteiger partial charge is 0.235 e. The van der Waals surface area contributed by atoms with E-state index in [1.165, 1.54) is 0 Å². The number of benzene rings is 1. The summed E-state index contributed by atoms with van der Waals surface area (Å²) >= 11 is 6.43. The molecule has 0 unspecified atom stereocenters. The molecule has 0 radical (unpaired) electrons. The largest absolute Gasteiger partial charge is 0.475 e. The van der Waals surface area contributed by atoms with Crippen LogP contribution in [0.4, 0.5) is 5.69 Å². The SMILES string of the molecule is CCOCCOc1ccc(NC(=O)C2(c3ccccc3Cl)CCOCC2)cn1. The van der Waals surface area contributed by atoms with E-state index in [9.17, 15) is 4.79 Å². The number of hydrogen-bond acceptors (Lipinski definition) is 5. The standard InChI is InChI=1S/C21H25ClN2O4/c1-2-26-13-14-28-19-8-7-16(15-23-19)24-20(25)21(9-11-27-12-10-21)17-5-3-4-6-18(17)22/h3-8,15H,2,9-14H2,1H3,(H,24,25). The van der Waals surface area contributed by atoms with Gasteiger partial charge in [-0.05, 0) is 37.5 Å². The maximum absolute atomic E-state index is 13.3. The van der Waals surface area contributed by atoms with Gasteiger partial charge in [0.05, 0.1) is 23.9 Å². The lowest BCUT2D eigenvalue weighted by atomic mass is 9.73. The highest BCUT2D eigenvalue weighted by Crippen LogP contribution is 2.39. The van der Waals surface area contributed by atoms with Crippen LogP contribution in [0.25, 0.3) is 0 Å². The van der Waals surface area contributed by atoms with Crippen LogP contribution in [0.3, 0.4) is 0 Å². The van der Waals surface area contributed by atoms with Crippen molar-refractivity contribution >= 4 is 23.2 Å². The minimum absolute atomic E-state index is 0.101. The maximum Gasteiger partial charge on any atom is 0.235 e. The molecule has 3 rings (SSSR count). The first-order chi connectivity index (χ1) is 13.7. The molecule has 6 nitrogen and oxygen atoms in total. The number of carbonyl (C=O) groups excluding carboxylic acids is 1. The van der Waals surface area contributed by atoms with Crippen molar-refractivity contribution in [1.29, 1.82) is 0 Å². The summed E-state index contributed by atoms with van der Waals surface area (Å²) in [5, 5.41) is 3.58. The summed E-state index contributed by atoms with van der Waals surface area (Å²) in [4.78, 5) is 17.5. The first-order valence-corrected chi connectivity index (χ1v) is 9.84. The predicted octanol–water partition coefficient (Wildman–Crippen LogP) is 3.84. The van der Waals surface area contributed by atoms with E-state index in [0.29, 0.717) is 62.5 Å². The van der Waals surface area contributed by atoms with Crippen molar-refractivity contribution in [1.82, 2.24) is 4.98 Å². The first kappa shape index (κ1) is 20.6. The number of hydrogen-bond donors (Lipinski definition) is 1. The van der Waals surface area contributed by atoms with Gasteiger partial charge in [-0.15, -0.1) is 0 Å². The van der Waals surface area contributed by atoms with E-state index < -0.39 is 5.41 Å². The number of carbonyl (C=O) groups is 1. The fourth-order valence-electron chi connectivity index (χ4n) is 3.33. The lowest BCUT2D eigenvalue weighted by molar-refractivity contribution is -0.125. The number of ether oxygens (including phenoxy) is 3. The molecule has 1 aromatic carbocycles. The number of anilines is 1. The van der Waals surface area contributed by atoms with Crippen LogP contribution >= 0.6 is 11.6 Å². The van der Waals surface area contributed by atoms with Gasteiger partial charge in [-0.25, -0.2) is 4.98 Å². The van der Waals surface area contributed by atoms with E-state index in [1.807, 2.05) is 31.2 Å². The van der Waals surface area contributed by atoms with Crippen molar-refractivity contribution in [2.75, 3.05) is 38.4 Å². The number of aromatic nitrogens is 1. The number of halogens is 1. The van der Waals surface area contributed by atoms with Gasteiger partial charge in [0.2, 0.25) is 11.8 Å². The van der Waals surface area contributed by atoms with Crippen molar-refractivity contribution in [3.63, 3.8) is 0 Å². The minimum Gasteiger partial charge on any atom is -0.475 e. The highest BCUT2D eigenvalue weighted by Gasteiger charge is 2.43. The molecule has 1 aromatic heterocycles. The van der Waals surface area contributed by atoms with Gasteiger partial charge >= 0.3 is 0 Å². The highest BCUT2D eigenvalue weighted by atomic mass is 35.5. The Morgan fingerprint density at radius 3 is 2.68 bits per heavy atom. The number of pyridine rings is 1. The summed E-state index contributed by atoms with van der Waals surface area (Å²) in [5.41, 5.74) is 0.727. The predicted molar refractivity (Wildman–Crippen MR) is 108 cm³/mol. The Bertz CT molecular complexity index is 776. The average Bonchev–Trinajstić information content (AvgIpc) is 2.73. The van der Waals surface area contributed by atoms with Gasteiger partial charge in [-0.1, -0.05) is 29.8 Å². The maximum atomic E-state index is 13.3. The molecule has 1 aliphatic rings. The molecule has 1 aliphatic heterocycles. The summed E-state index contributed by atoms with van der Waals surface area (Å²) in [7, 11) is 0. The van der Waals surface area contributed by atoms with Crippen molar-refractivity contribution < 1.29 is 19.0 Å². The Hall–Kier alpha value is -2.15. The number of nitrogens with zero attached hydrogens (tertiary/aromatic N) is 1. The third-order valence-corrected chi connectivity index (χ3v) is 5.18. The molecule has 1 N–H and O–H groups in total. The Labute approximate surface area is 170 Å². The Morgan fingerprint density at radius 1 is 1.21 bits per heavy atom. The van der Waals surface area contributed by atoms with Crippen LogP contribution in [0, 0.1) is 0 Å². The van der Waals surface area contributed by atoms with Crippen molar-refractivity contribution in [2.45, 2.75) is 25.2 Å². The van der Waals surface area contributed by atoms with Gasteiger partial charge in [-0.2, -0.15) is 0 Å². The van der Waals surface area contributed by atoms with Crippen LogP contribution < -0.4 is 10.1 Å². The average molecular weight is 405 g/mol. The van der Waals surface area contributed by atoms with E-state index in [2.05, 4.69) is 10.3 Å². The highest BCUT2D eigenvalue weighted by molar-refractivity contribution is 6.31. The zero-order chi connectivity index (χ0) is 19.8. The van der Waals surface area contributed by atoms with E-state index in [-0.39, 0.29) is 5.91 Å². The topological polar surface area (TPSA) is 69.7 Å². The van der Waals surface area contributed by atoms with Crippen LogP contribution in [0.15, 0.2) is 42.6 Å². The molecular weight excluding hydrogens is 380 g/mol. The van der Waals surface area contributed by atoms with Gasteiger partial charge in [-0.3, -0.25) is 4.79 Å². The second kappa shape index (κ2) is 9.87. The quantitative estimate of drug-likeness (QED) is 0.677. The molecule has 7 heteroatoms. The molecule has 28 heavy (non-hydrogen) atoms. The fraction of sp³-hybridized carbons (Fsp3) is 0.429. The molecular formula is C21H25ClN2O4. The second-order valence-electron chi connectivity index (χ2n) is 6.56. The fourth-order valence-corrected chi connectivity index (χ4v) is 3.64. The molecule has 0 atom stereocenters. The Kier molecular flexibility index (Phi) is 7.25. The lowest BCUT2D eigenvalue weighted by Gasteiger charge is -2.36. The van der Waals surface area contributed by atoms with Crippen LogP contribution in [0.2, 0.25) is 5.02 Å². The van der Waals surface area contributed by atoms with E-state index in [4.69, 9.17) is 25.8 Å². The molecule has 2 aromatic rings. The van der Waals surface area contributed by atoms with E-state index >= 15 is 0 Å². The van der Waals surface area contributed by atoms with Crippen LogP contribution in [0.1, 0.15) is 25.3 Å². The molecule has 2 heterocycles. The second-order valence-corrected chi connectivity index (χ2v) is 6.97. The summed E-state index contributed by atoms with van der Waals surface area (Å²) < 4.78 is 16.2. The summed E-state index contributed by atoms with van der Waals surface area (Å²) in [5.74, 6) is 0.389. The minimum atomic E-state index is -0.719. The summed E-state index contributed by atoms with van der Waals surface area (Å²) in [6.07, 6.45) is 2.75. The molecule has 0 saturated carbocycles. The molecule has 1 saturated heterocycles. The molecule has 1 amide bonds. The first-order valence-electron chi connectivity index (χ1n) is 9.46. The Balaban J connectivity index is 1.71. The Morgan fingerprint density at radius 2 is 2.00 bits per heavy atom. The van der Waals surface area contributed by atoms with Crippen molar-refractivity contribution in [2.24, 2.45) is 0 Å². The zero-order valence-electron chi connectivity index (χ0n) is 15.9. The third-order valence-electron chi connectivity index (χ3n) is 4.85. The van der Waals surface area contributed by atoms with E-state index in [1.54, 1.807) is 18.3 Å². The normalized spacial score (nSPS) is 15.8. The van der Waals surface area contributed by atoms with Gasteiger partial charge in [0.1, 0.15) is 6.61 Å². The number of rotatable bonds is 8. The summed E-state index contributed by atoms with van der Waals surface area (Å²) in [6, 6.07) is 11.0. The monoisotopic (exact) mass is 404 g/mol.